The SMILES string of the molecule is N=C(N)N1CCCC(C[C@H](NC(=O)CN2C(=O)CN(CCCc3ccccc3)C(=O)[C@@H]2Cc2cccnc2)C(=O)c2nccs2)C1. The number of carbonyl (C=O) groups excluding carboxylic acids is 4. The Labute approximate surface area is 272 Å². The number of hydrogen-bond donors (Lipinski definition) is 3. The lowest BCUT2D eigenvalue weighted by molar-refractivity contribution is -0.157. The predicted octanol–water partition coefficient (Wildman–Crippen LogP) is 2.12. The standard InChI is InChI=1S/C33H40N8O4S/c34-33(35)40-15-6-11-25(20-40)17-26(30(44)31-37-13-16-46-31)38-28(42)21-41-27(18-24-9-4-12-36-19-24)32(45)39(22-29(41)43)14-5-10-23-7-2-1-3-8-23/h1-4,7-9,12-13,16,19,25-27H,5-6,10-11,14-15,17-18,20-22H2,(H3,34,35)(H,38,42)/t25?,26-,27-/m0/s1. The van der Waals surface area contributed by atoms with Gasteiger partial charge in [0.1, 0.15) is 12.6 Å². The fourth-order valence-corrected chi connectivity index (χ4v) is 6.86. The fraction of sp³-hybridized carbons (Fsp3) is 0.424. The smallest absolute Gasteiger partial charge is 0.246 e. The molecule has 2 saturated heterocycles. The number of carbonyl (C=O) groups is 4. The van der Waals surface area contributed by atoms with Crippen LogP contribution in [0.3, 0.4) is 0 Å². The fourth-order valence-electron chi connectivity index (χ4n) is 6.23. The van der Waals surface area contributed by atoms with E-state index in [9.17, 15) is 19.2 Å². The van der Waals surface area contributed by atoms with E-state index in [-0.39, 0.29) is 54.0 Å². The number of aromatic nitrogens is 2. The molecular formula is C33H40N8O4S. The van der Waals surface area contributed by atoms with Crippen LogP contribution in [0.4, 0.5) is 0 Å². The second-order valence-electron chi connectivity index (χ2n) is 11.8. The molecule has 5 rings (SSSR count). The highest BCUT2D eigenvalue weighted by molar-refractivity contribution is 7.11. The van der Waals surface area contributed by atoms with Crippen molar-refractivity contribution in [2.45, 2.75) is 50.6 Å². The largest absolute Gasteiger partial charge is 0.370 e. The molecule has 2 aliphatic rings. The number of Topliss-reactive ketones (excluding diaryl/α,β-unsaturated/α-hetero) is 1. The van der Waals surface area contributed by atoms with Gasteiger partial charge in [-0.1, -0.05) is 36.4 Å². The first-order valence-electron chi connectivity index (χ1n) is 15.6. The zero-order valence-corrected chi connectivity index (χ0v) is 26.5. The van der Waals surface area contributed by atoms with Crippen LogP contribution >= 0.6 is 11.3 Å². The van der Waals surface area contributed by atoms with E-state index in [1.54, 1.807) is 39.8 Å². The number of rotatable bonds is 13. The molecule has 0 aliphatic carbocycles. The van der Waals surface area contributed by atoms with Crippen LogP contribution in [0.25, 0.3) is 0 Å². The summed E-state index contributed by atoms with van der Waals surface area (Å²) in [6, 6.07) is 11.8. The third-order valence-corrected chi connectivity index (χ3v) is 9.33. The lowest BCUT2D eigenvalue weighted by atomic mass is 9.90. The van der Waals surface area contributed by atoms with E-state index in [0.717, 1.165) is 30.4 Å². The van der Waals surface area contributed by atoms with E-state index in [4.69, 9.17) is 11.1 Å². The van der Waals surface area contributed by atoms with E-state index in [0.29, 0.717) is 32.5 Å². The van der Waals surface area contributed by atoms with Gasteiger partial charge in [-0.05, 0) is 55.2 Å². The number of nitrogens with zero attached hydrogens (tertiary/aromatic N) is 5. The average Bonchev–Trinajstić information content (AvgIpc) is 3.61. The quantitative estimate of drug-likeness (QED) is 0.145. The van der Waals surface area contributed by atoms with Crippen molar-refractivity contribution in [2.75, 3.05) is 32.7 Å². The number of likely N-dealkylation sites (tertiary alicyclic amines) is 1. The lowest BCUT2D eigenvalue weighted by Crippen LogP contribution is -2.62. The summed E-state index contributed by atoms with van der Waals surface area (Å²) in [5, 5.41) is 12.7. The van der Waals surface area contributed by atoms with Crippen molar-refractivity contribution in [2.24, 2.45) is 11.7 Å². The molecule has 4 heterocycles. The zero-order valence-electron chi connectivity index (χ0n) is 25.7. The number of nitrogens with one attached hydrogen (secondary N) is 2. The molecule has 1 aromatic carbocycles. The maximum Gasteiger partial charge on any atom is 0.246 e. The van der Waals surface area contributed by atoms with Gasteiger partial charge in [0.2, 0.25) is 23.5 Å². The number of benzene rings is 1. The number of amides is 3. The Balaban J connectivity index is 1.29. The highest BCUT2D eigenvalue weighted by Gasteiger charge is 2.40. The molecular weight excluding hydrogens is 604 g/mol. The number of piperidine rings is 1. The van der Waals surface area contributed by atoms with Crippen molar-refractivity contribution in [3.8, 4) is 0 Å². The van der Waals surface area contributed by atoms with Crippen molar-refractivity contribution in [1.29, 1.82) is 5.41 Å². The van der Waals surface area contributed by atoms with Gasteiger partial charge in [0.25, 0.3) is 0 Å². The van der Waals surface area contributed by atoms with Crippen molar-refractivity contribution in [1.82, 2.24) is 30.0 Å². The molecule has 0 radical (unpaired) electrons. The Morgan fingerprint density at radius 1 is 1.11 bits per heavy atom. The Hall–Kier alpha value is -4.65. The summed E-state index contributed by atoms with van der Waals surface area (Å²) < 4.78 is 0. The third kappa shape index (κ3) is 8.53. The molecule has 12 nitrogen and oxygen atoms in total. The summed E-state index contributed by atoms with van der Waals surface area (Å²) in [6.07, 6.45) is 8.51. The topological polar surface area (TPSA) is 166 Å². The first-order chi connectivity index (χ1) is 22.3. The Bertz CT molecular complexity index is 1500. The van der Waals surface area contributed by atoms with Gasteiger partial charge in [-0.2, -0.15) is 0 Å². The summed E-state index contributed by atoms with van der Waals surface area (Å²) in [5.41, 5.74) is 7.66. The summed E-state index contributed by atoms with van der Waals surface area (Å²) >= 11 is 1.20. The first-order valence-corrected chi connectivity index (χ1v) is 16.5. The number of thiazole rings is 1. The first kappa shape index (κ1) is 32.7. The van der Waals surface area contributed by atoms with Gasteiger partial charge < -0.3 is 25.8 Å². The molecule has 0 bridgehead atoms. The highest BCUT2D eigenvalue weighted by atomic mass is 32.1. The van der Waals surface area contributed by atoms with Crippen LogP contribution in [0, 0.1) is 11.3 Å². The lowest BCUT2D eigenvalue weighted by Gasteiger charge is -2.40. The van der Waals surface area contributed by atoms with Crippen LogP contribution in [0.5, 0.6) is 0 Å². The molecule has 13 heteroatoms. The molecule has 3 amide bonds. The normalized spacial score (nSPS) is 19.2. The molecule has 4 N–H and O–H groups in total. The molecule has 0 saturated carbocycles. The van der Waals surface area contributed by atoms with E-state index in [1.807, 2.05) is 36.4 Å². The number of ketones is 1. The second kappa shape index (κ2) is 15.6. The van der Waals surface area contributed by atoms with Crippen LogP contribution in [0.2, 0.25) is 0 Å². The van der Waals surface area contributed by atoms with Gasteiger partial charge in [0.05, 0.1) is 12.6 Å². The molecule has 3 atom stereocenters. The van der Waals surface area contributed by atoms with Crippen LogP contribution in [0.15, 0.2) is 66.4 Å². The minimum absolute atomic E-state index is 0.0152. The van der Waals surface area contributed by atoms with Crippen LogP contribution in [-0.4, -0.2) is 98.9 Å². The highest BCUT2D eigenvalue weighted by Crippen LogP contribution is 2.23. The third-order valence-electron chi connectivity index (χ3n) is 8.55. The van der Waals surface area contributed by atoms with E-state index < -0.39 is 18.0 Å². The second-order valence-corrected chi connectivity index (χ2v) is 12.7. The molecule has 46 heavy (non-hydrogen) atoms. The Morgan fingerprint density at radius 3 is 2.63 bits per heavy atom. The van der Waals surface area contributed by atoms with Crippen LogP contribution in [0.1, 0.15) is 46.6 Å². The molecule has 1 unspecified atom stereocenters. The van der Waals surface area contributed by atoms with Gasteiger partial charge in [-0.3, -0.25) is 29.6 Å². The van der Waals surface area contributed by atoms with Gasteiger partial charge in [0.15, 0.2) is 11.0 Å². The predicted molar refractivity (Wildman–Crippen MR) is 174 cm³/mol. The van der Waals surface area contributed by atoms with Crippen molar-refractivity contribution in [3.05, 3.63) is 82.6 Å². The van der Waals surface area contributed by atoms with Gasteiger partial charge in [-0.25, -0.2) is 4.98 Å². The van der Waals surface area contributed by atoms with Gasteiger partial charge in [-0.15, -0.1) is 11.3 Å². The molecule has 242 valence electrons. The van der Waals surface area contributed by atoms with E-state index in [1.165, 1.54) is 16.2 Å². The van der Waals surface area contributed by atoms with Crippen molar-refractivity contribution >= 4 is 40.8 Å². The summed E-state index contributed by atoms with van der Waals surface area (Å²) in [5.74, 6) is -1.36. The number of pyridine rings is 1. The Kier molecular flexibility index (Phi) is 11.1. The Morgan fingerprint density at radius 2 is 1.91 bits per heavy atom. The number of piperazine rings is 1. The summed E-state index contributed by atoms with van der Waals surface area (Å²) in [6.45, 7) is 1.13. The molecule has 2 aromatic heterocycles. The van der Waals surface area contributed by atoms with Gasteiger partial charge in [0, 0.05) is 50.0 Å². The summed E-state index contributed by atoms with van der Waals surface area (Å²) in [4.78, 5) is 67.5. The average molecular weight is 645 g/mol. The number of hydrogen-bond acceptors (Lipinski definition) is 8. The minimum Gasteiger partial charge on any atom is -0.370 e. The van der Waals surface area contributed by atoms with E-state index >= 15 is 0 Å². The van der Waals surface area contributed by atoms with E-state index in [2.05, 4.69) is 15.3 Å². The van der Waals surface area contributed by atoms with Crippen LogP contribution < -0.4 is 11.1 Å². The number of nitrogens with two attached hydrogens (primary N) is 1. The zero-order chi connectivity index (χ0) is 32.5. The number of guanidine groups is 1. The van der Waals surface area contributed by atoms with Gasteiger partial charge >= 0.3 is 0 Å². The molecule has 3 aromatic rings. The van der Waals surface area contributed by atoms with Crippen LogP contribution in [-0.2, 0) is 27.2 Å². The van der Waals surface area contributed by atoms with Crippen molar-refractivity contribution < 1.29 is 19.2 Å². The molecule has 0 spiro atoms. The van der Waals surface area contributed by atoms with Crippen molar-refractivity contribution in [3.63, 3.8) is 0 Å². The maximum absolute atomic E-state index is 13.8. The maximum atomic E-state index is 13.8. The number of aryl methyl sites for hydroxylation is 1. The molecule has 2 fully saturated rings. The molecule has 2 aliphatic heterocycles. The minimum atomic E-state index is -0.886. The monoisotopic (exact) mass is 644 g/mol. The summed E-state index contributed by atoms with van der Waals surface area (Å²) in [7, 11) is 0.